The Labute approximate surface area is 179 Å². The van der Waals surface area contributed by atoms with Crippen molar-refractivity contribution in [3.05, 3.63) is 83.4 Å². The number of halogens is 1. The van der Waals surface area contributed by atoms with Crippen molar-refractivity contribution in [3.63, 3.8) is 0 Å². The van der Waals surface area contributed by atoms with Crippen LogP contribution >= 0.6 is 11.6 Å². The molecule has 0 bridgehead atoms. The molecule has 30 heavy (non-hydrogen) atoms. The summed E-state index contributed by atoms with van der Waals surface area (Å²) in [6, 6.07) is 18.6. The van der Waals surface area contributed by atoms with Crippen molar-refractivity contribution in [3.8, 4) is 0 Å². The Balaban J connectivity index is 1.69. The van der Waals surface area contributed by atoms with Gasteiger partial charge in [0.2, 0.25) is 5.91 Å². The van der Waals surface area contributed by atoms with Crippen molar-refractivity contribution in [2.75, 3.05) is 15.4 Å². The van der Waals surface area contributed by atoms with Crippen LogP contribution in [0.2, 0.25) is 5.02 Å². The number of anilines is 3. The van der Waals surface area contributed by atoms with Crippen LogP contribution in [0.5, 0.6) is 0 Å². The van der Waals surface area contributed by atoms with Gasteiger partial charge in [-0.2, -0.15) is 0 Å². The van der Waals surface area contributed by atoms with Crippen LogP contribution in [-0.4, -0.2) is 20.2 Å². The number of nitrogens with one attached hydrogen (secondary N) is 3. The smallest absolute Gasteiger partial charge is 0.261 e. The second-order valence-electron chi connectivity index (χ2n) is 6.32. The lowest BCUT2D eigenvalue weighted by atomic mass is 10.2. The summed E-state index contributed by atoms with van der Waals surface area (Å²) in [5.74, 6) is -0.587. The SMILES string of the molecule is CC(=O)Nc1ccc(NC(=O)c2ccc(S(=O)(=O)Nc3ccccc3Cl)cc2)cc1. The summed E-state index contributed by atoms with van der Waals surface area (Å²) in [5.41, 5.74) is 1.70. The summed E-state index contributed by atoms with van der Waals surface area (Å²) in [5, 5.41) is 5.62. The van der Waals surface area contributed by atoms with Gasteiger partial charge in [-0.3, -0.25) is 14.3 Å². The normalized spacial score (nSPS) is 10.9. The van der Waals surface area contributed by atoms with E-state index in [0.29, 0.717) is 11.4 Å². The quantitative estimate of drug-likeness (QED) is 0.526. The monoisotopic (exact) mass is 443 g/mol. The molecule has 0 aliphatic rings. The lowest BCUT2D eigenvalue weighted by molar-refractivity contribution is -0.114. The maximum absolute atomic E-state index is 12.5. The van der Waals surface area contributed by atoms with Gasteiger partial charge >= 0.3 is 0 Å². The Morgan fingerprint density at radius 2 is 1.37 bits per heavy atom. The number of rotatable bonds is 6. The molecule has 0 atom stereocenters. The van der Waals surface area contributed by atoms with Crippen molar-refractivity contribution in [2.24, 2.45) is 0 Å². The van der Waals surface area contributed by atoms with Crippen molar-refractivity contribution in [1.29, 1.82) is 0 Å². The zero-order valence-corrected chi connectivity index (χ0v) is 17.4. The number of carbonyl (C=O) groups excluding carboxylic acids is 2. The lowest BCUT2D eigenvalue weighted by Crippen LogP contribution is -2.15. The molecule has 0 aliphatic carbocycles. The van der Waals surface area contributed by atoms with Gasteiger partial charge in [0.05, 0.1) is 15.6 Å². The predicted molar refractivity (Wildman–Crippen MR) is 117 cm³/mol. The largest absolute Gasteiger partial charge is 0.326 e. The summed E-state index contributed by atoms with van der Waals surface area (Å²) in [4.78, 5) is 23.5. The van der Waals surface area contributed by atoms with Crippen molar-refractivity contribution in [1.82, 2.24) is 0 Å². The molecule has 0 saturated carbocycles. The van der Waals surface area contributed by atoms with Crippen LogP contribution < -0.4 is 15.4 Å². The molecule has 0 saturated heterocycles. The first-order valence-electron chi connectivity index (χ1n) is 8.81. The van der Waals surface area contributed by atoms with Gasteiger partial charge in [0, 0.05) is 23.9 Å². The summed E-state index contributed by atoms with van der Waals surface area (Å²) in [6.45, 7) is 1.41. The highest BCUT2D eigenvalue weighted by atomic mass is 35.5. The molecule has 7 nitrogen and oxygen atoms in total. The van der Waals surface area contributed by atoms with Crippen molar-refractivity contribution < 1.29 is 18.0 Å². The van der Waals surface area contributed by atoms with Gasteiger partial charge in [-0.25, -0.2) is 8.42 Å². The molecule has 3 aromatic rings. The Hall–Kier alpha value is -3.36. The average Bonchev–Trinajstić information content (AvgIpc) is 2.71. The van der Waals surface area contributed by atoms with Crippen LogP contribution in [0.3, 0.4) is 0 Å². The molecule has 3 N–H and O–H groups in total. The Bertz CT molecular complexity index is 1180. The minimum atomic E-state index is -3.85. The summed E-state index contributed by atoms with van der Waals surface area (Å²) in [7, 11) is -3.85. The Morgan fingerprint density at radius 1 is 0.800 bits per heavy atom. The number of amides is 2. The van der Waals surface area contributed by atoms with Gasteiger partial charge < -0.3 is 10.6 Å². The fourth-order valence-corrected chi connectivity index (χ4v) is 3.90. The zero-order valence-electron chi connectivity index (χ0n) is 15.8. The molecule has 9 heteroatoms. The molecular weight excluding hydrogens is 426 g/mol. The average molecular weight is 444 g/mol. The molecule has 3 rings (SSSR count). The van der Waals surface area contributed by atoms with E-state index in [1.165, 1.54) is 31.2 Å². The van der Waals surface area contributed by atoms with Crippen molar-refractivity contribution >= 4 is 50.5 Å². The Kier molecular flexibility index (Phi) is 6.39. The van der Waals surface area contributed by atoms with Crippen LogP contribution in [0, 0.1) is 0 Å². The maximum Gasteiger partial charge on any atom is 0.261 e. The minimum Gasteiger partial charge on any atom is -0.326 e. The summed E-state index contributed by atoms with van der Waals surface area (Å²) >= 11 is 6.00. The molecule has 0 unspecified atom stereocenters. The van der Waals surface area contributed by atoms with Crippen LogP contribution in [0.15, 0.2) is 77.7 Å². The number of hydrogen-bond acceptors (Lipinski definition) is 4. The van der Waals surface area contributed by atoms with Gasteiger partial charge in [0.15, 0.2) is 0 Å². The topological polar surface area (TPSA) is 104 Å². The van der Waals surface area contributed by atoms with Gasteiger partial charge in [-0.1, -0.05) is 23.7 Å². The second-order valence-corrected chi connectivity index (χ2v) is 8.41. The maximum atomic E-state index is 12.5. The number of hydrogen-bond donors (Lipinski definition) is 3. The van der Waals surface area contributed by atoms with E-state index in [1.54, 1.807) is 48.5 Å². The van der Waals surface area contributed by atoms with Crippen LogP contribution in [0.25, 0.3) is 0 Å². The van der Waals surface area contributed by atoms with E-state index in [-0.39, 0.29) is 27.1 Å². The number of carbonyl (C=O) groups is 2. The lowest BCUT2D eigenvalue weighted by Gasteiger charge is -2.10. The van der Waals surface area contributed by atoms with E-state index < -0.39 is 15.9 Å². The molecule has 3 aromatic carbocycles. The predicted octanol–water partition coefficient (Wildman–Crippen LogP) is 4.35. The molecule has 0 radical (unpaired) electrons. The van der Waals surface area contributed by atoms with E-state index >= 15 is 0 Å². The van der Waals surface area contributed by atoms with Crippen molar-refractivity contribution in [2.45, 2.75) is 11.8 Å². The second kappa shape index (κ2) is 8.98. The first-order valence-corrected chi connectivity index (χ1v) is 10.7. The van der Waals surface area contributed by atoms with Gasteiger partial charge in [0.1, 0.15) is 0 Å². The first-order chi connectivity index (χ1) is 14.2. The van der Waals surface area contributed by atoms with E-state index in [4.69, 9.17) is 11.6 Å². The number of para-hydroxylation sites is 1. The number of benzene rings is 3. The van der Waals surface area contributed by atoms with Gasteiger partial charge in [0.25, 0.3) is 15.9 Å². The van der Waals surface area contributed by atoms with Crippen LogP contribution in [-0.2, 0) is 14.8 Å². The molecule has 0 heterocycles. The molecular formula is C21H18ClN3O4S. The molecule has 0 fully saturated rings. The van der Waals surface area contributed by atoms with E-state index in [2.05, 4.69) is 15.4 Å². The molecule has 0 spiro atoms. The van der Waals surface area contributed by atoms with E-state index in [0.717, 1.165) is 0 Å². The van der Waals surface area contributed by atoms with Gasteiger partial charge in [-0.05, 0) is 60.7 Å². The highest BCUT2D eigenvalue weighted by molar-refractivity contribution is 7.92. The third kappa shape index (κ3) is 5.37. The molecule has 0 aliphatic heterocycles. The van der Waals surface area contributed by atoms with E-state index in [9.17, 15) is 18.0 Å². The minimum absolute atomic E-state index is 0.00127. The van der Waals surface area contributed by atoms with E-state index in [1.807, 2.05) is 0 Å². The third-order valence-corrected chi connectivity index (χ3v) is 5.72. The highest BCUT2D eigenvalue weighted by Crippen LogP contribution is 2.24. The molecule has 2 amide bonds. The Morgan fingerprint density at radius 3 is 1.93 bits per heavy atom. The fraction of sp³-hybridized carbons (Fsp3) is 0.0476. The van der Waals surface area contributed by atoms with Crippen LogP contribution in [0.1, 0.15) is 17.3 Å². The molecule has 0 aromatic heterocycles. The van der Waals surface area contributed by atoms with Gasteiger partial charge in [-0.15, -0.1) is 0 Å². The number of sulfonamides is 1. The zero-order chi connectivity index (χ0) is 21.7. The summed E-state index contributed by atoms with van der Waals surface area (Å²) in [6.07, 6.45) is 0. The molecule has 154 valence electrons. The fourth-order valence-electron chi connectivity index (χ4n) is 2.58. The first kappa shape index (κ1) is 21.4. The van der Waals surface area contributed by atoms with Crippen LogP contribution in [0.4, 0.5) is 17.1 Å². The highest BCUT2D eigenvalue weighted by Gasteiger charge is 2.16. The standard InChI is InChI=1S/C21H18ClN3O4S/c1-14(26)23-16-8-10-17(11-9-16)24-21(27)15-6-12-18(13-7-15)30(28,29)25-20-5-3-2-4-19(20)22/h2-13,25H,1H3,(H,23,26)(H,24,27). The summed E-state index contributed by atoms with van der Waals surface area (Å²) < 4.78 is 27.5. The third-order valence-electron chi connectivity index (χ3n) is 4.01.